The molecule has 0 aliphatic rings. The lowest BCUT2D eigenvalue weighted by molar-refractivity contribution is -0.107. The van der Waals surface area contributed by atoms with E-state index >= 15 is 0 Å². The maximum Gasteiger partial charge on any atom is 0.123 e. The van der Waals surface area contributed by atoms with Crippen molar-refractivity contribution in [3.8, 4) is 0 Å². The van der Waals surface area contributed by atoms with E-state index in [1.807, 2.05) is 6.08 Å². The van der Waals surface area contributed by atoms with Crippen molar-refractivity contribution in [1.82, 2.24) is 0 Å². The standard InChI is InChI=1S/C9H16O/c1-3-9(2)7-5-4-6-8-10/h4-5,8-9H,3,6-7H2,1-2H3. The molecule has 1 unspecified atom stereocenters. The summed E-state index contributed by atoms with van der Waals surface area (Å²) in [5.41, 5.74) is 0. The van der Waals surface area contributed by atoms with Crippen molar-refractivity contribution in [1.29, 1.82) is 0 Å². The third-order valence-corrected chi connectivity index (χ3v) is 1.63. The van der Waals surface area contributed by atoms with Gasteiger partial charge in [-0.2, -0.15) is 0 Å². The number of allylic oxidation sites excluding steroid dienone is 2. The SMILES string of the molecule is CCC(C)CC=CCC=O. The monoisotopic (exact) mass is 140 g/mol. The summed E-state index contributed by atoms with van der Waals surface area (Å²) in [6, 6.07) is 0. The molecule has 0 spiro atoms. The average Bonchev–Trinajstić information content (AvgIpc) is 1.98. The molecule has 0 aliphatic heterocycles. The lowest BCUT2D eigenvalue weighted by atomic mass is 10.1. The third-order valence-electron chi connectivity index (χ3n) is 1.63. The van der Waals surface area contributed by atoms with Crippen LogP contribution in [0.3, 0.4) is 0 Å². The molecular weight excluding hydrogens is 124 g/mol. The first kappa shape index (κ1) is 9.41. The molecule has 0 aromatic rings. The first-order valence-corrected chi connectivity index (χ1v) is 3.89. The molecule has 1 atom stereocenters. The Balaban J connectivity index is 3.24. The van der Waals surface area contributed by atoms with Gasteiger partial charge in [0.25, 0.3) is 0 Å². The molecule has 0 aromatic carbocycles. The van der Waals surface area contributed by atoms with E-state index in [4.69, 9.17) is 0 Å². The maximum absolute atomic E-state index is 9.87. The van der Waals surface area contributed by atoms with Crippen molar-refractivity contribution in [2.24, 2.45) is 5.92 Å². The fourth-order valence-corrected chi connectivity index (χ4v) is 0.647. The van der Waals surface area contributed by atoms with Crippen molar-refractivity contribution in [3.63, 3.8) is 0 Å². The minimum Gasteiger partial charge on any atom is -0.303 e. The summed E-state index contributed by atoms with van der Waals surface area (Å²) in [5.74, 6) is 0.753. The molecule has 0 heterocycles. The van der Waals surface area contributed by atoms with Crippen LogP contribution in [0, 0.1) is 5.92 Å². The van der Waals surface area contributed by atoms with Gasteiger partial charge >= 0.3 is 0 Å². The summed E-state index contributed by atoms with van der Waals surface area (Å²) < 4.78 is 0. The first-order chi connectivity index (χ1) is 4.81. The van der Waals surface area contributed by atoms with Crippen LogP contribution in [-0.2, 0) is 4.79 Å². The van der Waals surface area contributed by atoms with E-state index in [2.05, 4.69) is 19.9 Å². The van der Waals surface area contributed by atoms with Crippen LogP contribution in [0.15, 0.2) is 12.2 Å². The predicted octanol–water partition coefficient (Wildman–Crippen LogP) is 2.57. The van der Waals surface area contributed by atoms with E-state index in [-0.39, 0.29) is 0 Å². The molecule has 58 valence electrons. The summed E-state index contributed by atoms with van der Waals surface area (Å²) in [6.45, 7) is 4.39. The highest BCUT2D eigenvalue weighted by atomic mass is 16.1. The number of carbonyl (C=O) groups excluding carboxylic acids is 1. The number of hydrogen-bond donors (Lipinski definition) is 0. The highest BCUT2D eigenvalue weighted by Gasteiger charge is 1.92. The van der Waals surface area contributed by atoms with Crippen LogP contribution in [0.5, 0.6) is 0 Å². The van der Waals surface area contributed by atoms with E-state index in [9.17, 15) is 4.79 Å². The van der Waals surface area contributed by atoms with Crippen molar-refractivity contribution >= 4 is 6.29 Å². The van der Waals surface area contributed by atoms with Crippen molar-refractivity contribution < 1.29 is 4.79 Å². The lowest BCUT2D eigenvalue weighted by Crippen LogP contribution is -1.87. The van der Waals surface area contributed by atoms with Crippen LogP contribution in [-0.4, -0.2) is 6.29 Å². The van der Waals surface area contributed by atoms with Gasteiger partial charge in [-0.25, -0.2) is 0 Å². The van der Waals surface area contributed by atoms with Gasteiger partial charge in [0, 0.05) is 6.42 Å². The van der Waals surface area contributed by atoms with E-state index in [1.54, 1.807) is 0 Å². The minimum atomic E-state index is 0.566. The van der Waals surface area contributed by atoms with Gasteiger partial charge in [-0.1, -0.05) is 32.4 Å². The number of aldehydes is 1. The van der Waals surface area contributed by atoms with E-state index in [0.717, 1.165) is 18.6 Å². The predicted molar refractivity (Wildman–Crippen MR) is 43.9 cm³/mol. The van der Waals surface area contributed by atoms with Gasteiger partial charge in [0.2, 0.25) is 0 Å². The average molecular weight is 140 g/mol. The van der Waals surface area contributed by atoms with Crippen molar-refractivity contribution in [3.05, 3.63) is 12.2 Å². The molecule has 0 N–H and O–H groups in total. The Hall–Kier alpha value is -0.590. The van der Waals surface area contributed by atoms with Gasteiger partial charge in [0.05, 0.1) is 0 Å². The van der Waals surface area contributed by atoms with Crippen LogP contribution < -0.4 is 0 Å². The van der Waals surface area contributed by atoms with Gasteiger partial charge in [0.1, 0.15) is 6.29 Å². The Morgan fingerprint density at radius 1 is 1.40 bits per heavy atom. The van der Waals surface area contributed by atoms with Gasteiger partial charge in [-0.3, -0.25) is 0 Å². The smallest absolute Gasteiger partial charge is 0.123 e. The third kappa shape index (κ3) is 5.54. The van der Waals surface area contributed by atoms with E-state index in [1.165, 1.54) is 6.42 Å². The first-order valence-electron chi connectivity index (χ1n) is 3.89. The van der Waals surface area contributed by atoms with Crippen LogP contribution in [0.2, 0.25) is 0 Å². The molecule has 1 heteroatoms. The van der Waals surface area contributed by atoms with Gasteiger partial charge in [-0.15, -0.1) is 0 Å². The molecule has 0 fully saturated rings. The topological polar surface area (TPSA) is 17.1 Å². The normalized spacial score (nSPS) is 13.8. The zero-order valence-electron chi connectivity index (χ0n) is 6.84. The molecule has 0 amide bonds. The Bertz CT molecular complexity index is 105. The molecule has 1 nitrogen and oxygen atoms in total. The second kappa shape index (κ2) is 6.53. The summed E-state index contributed by atoms with van der Waals surface area (Å²) in [4.78, 5) is 9.87. The summed E-state index contributed by atoms with van der Waals surface area (Å²) in [5, 5.41) is 0. The molecule has 0 aliphatic carbocycles. The molecular formula is C9H16O. The summed E-state index contributed by atoms with van der Waals surface area (Å²) >= 11 is 0. The maximum atomic E-state index is 9.87. The van der Waals surface area contributed by atoms with Crippen LogP contribution in [0.1, 0.15) is 33.1 Å². The number of hydrogen-bond acceptors (Lipinski definition) is 1. The molecule has 10 heavy (non-hydrogen) atoms. The molecule has 0 radical (unpaired) electrons. The summed E-state index contributed by atoms with van der Waals surface area (Å²) in [6.07, 6.45) is 7.82. The lowest BCUT2D eigenvalue weighted by Gasteiger charge is -2.01. The van der Waals surface area contributed by atoms with Gasteiger partial charge in [-0.05, 0) is 12.3 Å². The Morgan fingerprint density at radius 2 is 2.10 bits per heavy atom. The van der Waals surface area contributed by atoms with Gasteiger partial charge in [0.15, 0.2) is 0 Å². The zero-order chi connectivity index (χ0) is 7.82. The van der Waals surface area contributed by atoms with Crippen LogP contribution in [0.4, 0.5) is 0 Å². The van der Waals surface area contributed by atoms with Crippen molar-refractivity contribution in [2.45, 2.75) is 33.1 Å². The minimum absolute atomic E-state index is 0.566. The Morgan fingerprint density at radius 3 is 2.60 bits per heavy atom. The largest absolute Gasteiger partial charge is 0.303 e. The molecule has 0 saturated heterocycles. The number of rotatable bonds is 5. The van der Waals surface area contributed by atoms with Crippen LogP contribution in [0.25, 0.3) is 0 Å². The zero-order valence-corrected chi connectivity index (χ0v) is 6.84. The summed E-state index contributed by atoms with van der Waals surface area (Å²) in [7, 11) is 0. The second-order valence-corrected chi connectivity index (χ2v) is 2.62. The molecule has 0 bridgehead atoms. The molecule has 0 rings (SSSR count). The van der Waals surface area contributed by atoms with Crippen molar-refractivity contribution in [2.75, 3.05) is 0 Å². The second-order valence-electron chi connectivity index (χ2n) is 2.62. The molecule has 0 saturated carbocycles. The Kier molecular flexibility index (Phi) is 6.14. The van der Waals surface area contributed by atoms with Gasteiger partial charge < -0.3 is 4.79 Å². The quantitative estimate of drug-likeness (QED) is 0.423. The number of carbonyl (C=O) groups is 1. The molecule has 0 aromatic heterocycles. The van der Waals surface area contributed by atoms with Crippen LogP contribution >= 0.6 is 0 Å². The fourth-order valence-electron chi connectivity index (χ4n) is 0.647. The highest BCUT2D eigenvalue weighted by molar-refractivity contribution is 5.51. The fraction of sp³-hybridized carbons (Fsp3) is 0.667. The highest BCUT2D eigenvalue weighted by Crippen LogP contribution is 2.06. The van der Waals surface area contributed by atoms with E-state index < -0.39 is 0 Å². The Labute approximate surface area is 63.1 Å². The van der Waals surface area contributed by atoms with E-state index in [0.29, 0.717) is 6.42 Å².